The second-order valence-electron chi connectivity index (χ2n) is 5.31. The predicted molar refractivity (Wildman–Crippen MR) is 84.4 cm³/mol. The molecule has 3 aromatic rings. The summed E-state index contributed by atoms with van der Waals surface area (Å²) in [6, 6.07) is 9.81. The molecule has 0 fully saturated rings. The molecular weight excluding hydrogens is 282 g/mol. The first-order chi connectivity index (χ1) is 10.3. The predicted octanol–water partition coefficient (Wildman–Crippen LogP) is 3.36. The van der Waals surface area contributed by atoms with Crippen molar-refractivity contribution in [1.82, 2.24) is 9.66 Å². The highest BCUT2D eigenvalue weighted by atomic mass is 32.1. The van der Waals surface area contributed by atoms with E-state index in [2.05, 4.69) is 10.4 Å². The Kier molecular flexibility index (Phi) is 3.00. The van der Waals surface area contributed by atoms with E-state index in [1.54, 1.807) is 22.3 Å². The van der Waals surface area contributed by atoms with Gasteiger partial charge in [0, 0.05) is 4.88 Å². The molecule has 2 heterocycles. The van der Waals surface area contributed by atoms with Crippen molar-refractivity contribution < 1.29 is 4.79 Å². The summed E-state index contributed by atoms with van der Waals surface area (Å²) < 4.78 is 1.69. The summed E-state index contributed by atoms with van der Waals surface area (Å²) in [7, 11) is 0. The number of aryl methyl sites for hydroxylation is 2. The van der Waals surface area contributed by atoms with Gasteiger partial charge in [0.05, 0.1) is 15.9 Å². The van der Waals surface area contributed by atoms with Gasteiger partial charge in [0.2, 0.25) is 0 Å². The van der Waals surface area contributed by atoms with E-state index < -0.39 is 0 Å². The first-order valence-electron chi connectivity index (χ1n) is 7.16. The molecule has 1 N–H and O–H groups in total. The van der Waals surface area contributed by atoms with Crippen LogP contribution in [0.1, 0.15) is 33.0 Å². The molecule has 0 spiro atoms. The lowest BCUT2D eigenvalue weighted by atomic mass is 9.99. The molecule has 1 aliphatic rings. The summed E-state index contributed by atoms with van der Waals surface area (Å²) in [5.41, 5.74) is 6.06. The average Bonchev–Trinajstić information content (AvgIpc) is 3.11. The second kappa shape index (κ2) is 5.00. The Balaban J connectivity index is 1.62. The maximum absolute atomic E-state index is 12.4. The second-order valence-corrected chi connectivity index (χ2v) is 6.45. The van der Waals surface area contributed by atoms with Crippen molar-refractivity contribution in [2.45, 2.75) is 25.7 Å². The zero-order chi connectivity index (χ0) is 14.2. The van der Waals surface area contributed by atoms with Crippen molar-refractivity contribution in [3.8, 4) is 0 Å². The molecule has 1 aliphatic carbocycles. The minimum Gasteiger partial charge on any atom is -0.266 e. The number of aromatic nitrogens is 2. The van der Waals surface area contributed by atoms with Crippen LogP contribution in [0.3, 0.4) is 0 Å². The Bertz CT molecular complexity index is 794. The highest BCUT2D eigenvalue weighted by Crippen LogP contribution is 2.29. The molecule has 0 bridgehead atoms. The van der Waals surface area contributed by atoms with E-state index >= 15 is 0 Å². The minimum atomic E-state index is -0.0578. The third-order valence-electron chi connectivity index (χ3n) is 3.90. The van der Waals surface area contributed by atoms with Gasteiger partial charge in [0.15, 0.2) is 0 Å². The third-order valence-corrected chi connectivity index (χ3v) is 5.13. The van der Waals surface area contributed by atoms with Crippen LogP contribution in [0.25, 0.3) is 11.0 Å². The molecule has 0 saturated carbocycles. The van der Waals surface area contributed by atoms with Crippen LogP contribution in [-0.4, -0.2) is 15.6 Å². The Morgan fingerprint density at radius 1 is 1.24 bits per heavy atom. The van der Waals surface area contributed by atoms with Gasteiger partial charge in [-0.05, 0) is 49.4 Å². The SMILES string of the molecule is O=C(Nn1cnc2ccccc21)c1cc2c(s1)CCCC2. The van der Waals surface area contributed by atoms with Gasteiger partial charge in [-0.2, -0.15) is 0 Å². The zero-order valence-corrected chi connectivity index (χ0v) is 12.3. The maximum atomic E-state index is 12.4. The number of imidazole rings is 1. The normalized spacial score (nSPS) is 14.1. The Hall–Kier alpha value is -2.14. The van der Waals surface area contributed by atoms with Crippen molar-refractivity contribution in [2.75, 3.05) is 5.43 Å². The number of rotatable bonds is 2. The summed E-state index contributed by atoms with van der Waals surface area (Å²) in [6.45, 7) is 0. The van der Waals surface area contributed by atoms with Crippen LogP contribution in [0.15, 0.2) is 36.7 Å². The fourth-order valence-corrected chi connectivity index (χ4v) is 3.96. The van der Waals surface area contributed by atoms with Gasteiger partial charge >= 0.3 is 0 Å². The first-order valence-corrected chi connectivity index (χ1v) is 7.98. The lowest BCUT2D eigenvalue weighted by molar-refractivity contribution is 0.101. The van der Waals surface area contributed by atoms with Crippen LogP contribution in [0, 0.1) is 0 Å². The van der Waals surface area contributed by atoms with Gasteiger partial charge in [-0.25, -0.2) is 9.66 Å². The molecule has 0 unspecified atom stereocenters. The van der Waals surface area contributed by atoms with Crippen molar-refractivity contribution >= 4 is 28.3 Å². The Morgan fingerprint density at radius 2 is 2.10 bits per heavy atom. The number of hydrogen-bond acceptors (Lipinski definition) is 3. The Morgan fingerprint density at radius 3 is 3.00 bits per heavy atom. The molecule has 1 aromatic carbocycles. The average molecular weight is 297 g/mol. The van der Waals surface area contributed by atoms with Gasteiger partial charge < -0.3 is 0 Å². The number of nitrogens with zero attached hydrogens (tertiary/aromatic N) is 2. The molecule has 106 valence electrons. The lowest BCUT2D eigenvalue weighted by Crippen LogP contribution is -2.21. The smallest absolute Gasteiger partial charge is 0.266 e. The fourth-order valence-electron chi connectivity index (χ4n) is 2.82. The molecule has 4 rings (SSSR count). The van der Waals surface area contributed by atoms with Crippen molar-refractivity contribution in [2.24, 2.45) is 0 Å². The van der Waals surface area contributed by atoms with Gasteiger partial charge in [0.1, 0.15) is 6.33 Å². The number of thiophene rings is 1. The van der Waals surface area contributed by atoms with E-state index in [1.165, 1.54) is 23.3 Å². The monoisotopic (exact) mass is 297 g/mol. The van der Waals surface area contributed by atoms with Gasteiger partial charge in [-0.3, -0.25) is 10.2 Å². The molecule has 0 atom stereocenters. The largest absolute Gasteiger partial charge is 0.280 e. The molecule has 5 heteroatoms. The molecule has 2 aromatic heterocycles. The zero-order valence-electron chi connectivity index (χ0n) is 11.5. The van der Waals surface area contributed by atoms with Crippen LogP contribution in [0.5, 0.6) is 0 Å². The summed E-state index contributed by atoms with van der Waals surface area (Å²) in [5.74, 6) is -0.0578. The molecule has 0 aliphatic heterocycles. The number of hydrogen-bond donors (Lipinski definition) is 1. The topological polar surface area (TPSA) is 46.9 Å². The van der Waals surface area contributed by atoms with E-state index in [0.717, 1.165) is 28.8 Å². The maximum Gasteiger partial charge on any atom is 0.280 e. The van der Waals surface area contributed by atoms with E-state index in [-0.39, 0.29) is 5.91 Å². The fraction of sp³-hybridized carbons (Fsp3) is 0.250. The van der Waals surface area contributed by atoms with Crippen molar-refractivity contribution in [1.29, 1.82) is 0 Å². The van der Waals surface area contributed by atoms with Crippen LogP contribution in [-0.2, 0) is 12.8 Å². The van der Waals surface area contributed by atoms with Crippen LogP contribution in [0.4, 0.5) is 0 Å². The van der Waals surface area contributed by atoms with E-state index in [0.29, 0.717) is 0 Å². The first kappa shape index (κ1) is 12.6. The van der Waals surface area contributed by atoms with Crippen LogP contribution >= 0.6 is 11.3 Å². The van der Waals surface area contributed by atoms with Crippen molar-refractivity contribution in [3.63, 3.8) is 0 Å². The number of carbonyl (C=O) groups is 1. The summed E-state index contributed by atoms with van der Waals surface area (Å²) >= 11 is 1.62. The highest BCUT2D eigenvalue weighted by Gasteiger charge is 2.17. The lowest BCUT2D eigenvalue weighted by Gasteiger charge is -2.08. The number of nitrogens with one attached hydrogen (secondary N) is 1. The quantitative estimate of drug-likeness (QED) is 0.788. The standard InChI is InChI=1S/C16H15N3OS/c20-16(15-9-11-5-1-4-8-14(11)21-15)18-19-10-17-12-6-2-3-7-13(12)19/h2-3,6-7,9-10H,1,4-5,8H2,(H,18,20). The number of para-hydroxylation sites is 2. The Labute approximate surface area is 126 Å². The summed E-state index contributed by atoms with van der Waals surface area (Å²) in [5, 5.41) is 0. The number of fused-ring (bicyclic) bond motifs is 2. The van der Waals surface area contributed by atoms with E-state index in [9.17, 15) is 4.79 Å². The molecule has 21 heavy (non-hydrogen) atoms. The molecule has 1 amide bonds. The van der Waals surface area contributed by atoms with Crippen LogP contribution in [0.2, 0.25) is 0 Å². The number of benzene rings is 1. The number of carbonyl (C=O) groups excluding carboxylic acids is 1. The summed E-state index contributed by atoms with van der Waals surface area (Å²) in [4.78, 5) is 18.9. The van der Waals surface area contributed by atoms with Gasteiger partial charge in [-0.1, -0.05) is 12.1 Å². The molecule has 0 radical (unpaired) electrons. The van der Waals surface area contributed by atoms with Crippen molar-refractivity contribution in [3.05, 3.63) is 52.0 Å². The van der Waals surface area contributed by atoms with Gasteiger partial charge in [0.25, 0.3) is 5.91 Å². The molecular formula is C16H15N3OS. The number of amides is 1. The van der Waals surface area contributed by atoms with Gasteiger partial charge in [-0.15, -0.1) is 11.3 Å². The van der Waals surface area contributed by atoms with E-state index in [4.69, 9.17) is 0 Å². The summed E-state index contributed by atoms with van der Waals surface area (Å²) in [6.07, 6.45) is 6.34. The van der Waals surface area contributed by atoms with E-state index in [1.807, 2.05) is 30.3 Å². The third kappa shape index (κ3) is 2.23. The molecule has 4 nitrogen and oxygen atoms in total. The minimum absolute atomic E-state index is 0.0578. The molecule has 0 saturated heterocycles. The highest BCUT2D eigenvalue weighted by molar-refractivity contribution is 7.14. The van der Waals surface area contributed by atoms with Crippen LogP contribution < -0.4 is 5.43 Å².